The smallest absolute Gasteiger partial charge is 0.239 e. The number of nitrogens with one attached hydrogen (secondary N) is 1. The van der Waals surface area contributed by atoms with Gasteiger partial charge in [-0.2, -0.15) is 0 Å². The van der Waals surface area contributed by atoms with Crippen LogP contribution in [0.15, 0.2) is 18.3 Å². The molecule has 1 rings (SSSR count). The summed E-state index contributed by atoms with van der Waals surface area (Å²) in [6, 6.07) is 3.79. The van der Waals surface area contributed by atoms with E-state index in [1.54, 1.807) is 20.0 Å². The molecule has 0 saturated heterocycles. The molecule has 0 radical (unpaired) electrons. The molecule has 0 spiro atoms. The van der Waals surface area contributed by atoms with Gasteiger partial charge in [0.15, 0.2) is 0 Å². The monoisotopic (exact) mass is 236 g/mol. The van der Waals surface area contributed by atoms with Crippen LogP contribution in [0.25, 0.3) is 0 Å². The molecule has 0 aliphatic rings. The van der Waals surface area contributed by atoms with E-state index in [9.17, 15) is 4.79 Å². The highest BCUT2D eigenvalue weighted by Gasteiger charge is 2.21. The quantitative estimate of drug-likeness (QED) is 0.798. The van der Waals surface area contributed by atoms with Crippen molar-refractivity contribution in [1.29, 1.82) is 0 Å². The van der Waals surface area contributed by atoms with E-state index < -0.39 is 5.54 Å². The maximum absolute atomic E-state index is 11.6. The van der Waals surface area contributed by atoms with Gasteiger partial charge in [-0.05, 0) is 19.9 Å². The summed E-state index contributed by atoms with van der Waals surface area (Å²) in [5, 5.41) is 2.80. The summed E-state index contributed by atoms with van der Waals surface area (Å²) in [5.74, 6) is 0.675. The van der Waals surface area contributed by atoms with Crippen molar-refractivity contribution in [2.24, 2.45) is 5.73 Å². The van der Waals surface area contributed by atoms with Crippen LogP contribution in [0.2, 0.25) is 0 Å². The van der Waals surface area contributed by atoms with Crippen LogP contribution in [-0.4, -0.2) is 30.5 Å². The molecule has 0 atom stereocenters. The summed E-state index contributed by atoms with van der Waals surface area (Å²) in [6.45, 7) is 3.79. The molecular weight excluding hydrogens is 216 g/mol. The molecule has 0 bridgehead atoms. The Morgan fingerprint density at radius 3 is 2.71 bits per heavy atom. The van der Waals surface area contributed by atoms with Crippen molar-refractivity contribution in [3.05, 3.63) is 23.9 Å². The number of hydrogen-bond acceptors (Lipinski definition) is 4. The minimum Gasteiger partial charge on any atom is -0.362 e. The molecular formula is C12H20N4O. The molecule has 0 fully saturated rings. The lowest BCUT2D eigenvalue weighted by molar-refractivity contribution is -0.125. The number of carbonyl (C=O) groups is 1. The molecule has 0 aliphatic heterocycles. The van der Waals surface area contributed by atoms with Gasteiger partial charge in [0.25, 0.3) is 0 Å². The summed E-state index contributed by atoms with van der Waals surface area (Å²) >= 11 is 0. The van der Waals surface area contributed by atoms with Gasteiger partial charge in [0.2, 0.25) is 5.91 Å². The van der Waals surface area contributed by atoms with Gasteiger partial charge in [-0.1, -0.05) is 6.07 Å². The number of anilines is 1. The first-order valence-corrected chi connectivity index (χ1v) is 5.51. The molecule has 0 aromatic carbocycles. The lowest BCUT2D eigenvalue weighted by Crippen LogP contribution is -2.48. The molecule has 17 heavy (non-hydrogen) atoms. The Morgan fingerprint density at radius 2 is 2.18 bits per heavy atom. The molecule has 1 aromatic heterocycles. The van der Waals surface area contributed by atoms with Gasteiger partial charge in [0.1, 0.15) is 5.82 Å². The van der Waals surface area contributed by atoms with Crippen molar-refractivity contribution in [1.82, 2.24) is 10.3 Å². The Labute approximate surface area is 102 Å². The van der Waals surface area contributed by atoms with Crippen LogP contribution in [-0.2, 0) is 11.3 Å². The zero-order valence-electron chi connectivity index (χ0n) is 10.8. The minimum absolute atomic E-state index is 0.175. The van der Waals surface area contributed by atoms with E-state index in [2.05, 4.69) is 10.3 Å². The number of amides is 1. The van der Waals surface area contributed by atoms with Crippen molar-refractivity contribution in [3.63, 3.8) is 0 Å². The maximum atomic E-state index is 11.6. The highest BCUT2D eigenvalue weighted by atomic mass is 16.2. The third-order valence-corrected chi connectivity index (χ3v) is 2.32. The molecule has 5 heteroatoms. The van der Waals surface area contributed by atoms with E-state index in [4.69, 9.17) is 5.73 Å². The Morgan fingerprint density at radius 1 is 1.53 bits per heavy atom. The molecule has 1 heterocycles. The fourth-order valence-corrected chi connectivity index (χ4v) is 1.37. The van der Waals surface area contributed by atoms with E-state index in [1.807, 2.05) is 31.1 Å². The highest BCUT2D eigenvalue weighted by Crippen LogP contribution is 2.14. The van der Waals surface area contributed by atoms with Crippen molar-refractivity contribution in [2.45, 2.75) is 25.9 Å². The number of rotatable bonds is 4. The van der Waals surface area contributed by atoms with Crippen LogP contribution >= 0.6 is 0 Å². The SMILES string of the molecule is CN(C)c1ncccc1CNC(=O)C(C)(C)N. The average molecular weight is 236 g/mol. The molecule has 94 valence electrons. The third kappa shape index (κ3) is 3.71. The van der Waals surface area contributed by atoms with Crippen molar-refractivity contribution in [3.8, 4) is 0 Å². The predicted octanol–water partition coefficient (Wildman–Crippen LogP) is 0.501. The number of hydrogen-bond donors (Lipinski definition) is 2. The van der Waals surface area contributed by atoms with Crippen LogP contribution in [0.4, 0.5) is 5.82 Å². The first kappa shape index (κ1) is 13.4. The Kier molecular flexibility index (Phi) is 4.07. The Balaban J connectivity index is 2.73. The molecule has 0 saturated carbocycles. The van der Waals surface area contributed by atoms with Gasteiger partial charge in [-0.15, -0.1) is 0 Å². The summed E-state index contributed by atoms with van der Waals surface area (Å²) in [4.78, 5) is 17.8. The lowest BCUT2D eigenvalue weighted by Gasteiger charge is -2.20. The first-order chi connectivity index (χ1) is 7.82. The standard InChI is InChI=1S/C12H20N4O/c1-12(2,13)11(17)15-8-9-6-5-7-14-10(9)16(3)4/h5-7H,8,13H2,1-4H3,(H,15,17). The predicted molar refractivity (Wildman–Crippen MR) is 68.7 cm³/mol. The minimum atomic E-state index is -0.861. The van der Waals surface area contributed by atoms with Gasteiger partial charge >= 0.3 is 0 Å². The number of nitrogens with zero attached hydrogens (tertiary/aromatic N) is 2. The van der Waals surface area contributed by atoms with Gasteiger partial charge in [-0.3, -0.25) is 4.79 Å². The fraction of sp³-hybridized carbons (Fsp3) is 0.500. The molecule has 1 aromatic rings. The topological polar surface area (TPSA) is 71.2 Å². The summed E-state index contributed by atoms with van der Waals surface area (Å²) in [5.41, 5.74) is 5.81. The molecule has 3 N–H and O–H groups in total. The molecule has 0 unspecified atom stereocenters. The Bertz CT molecular complexity index is 396. The second-order valence-electron chi connectivity index (χ2n) is 4.78. The molecule has 0 aliphatic carbocycles. The number of carbonyl (C=O) groups excluding carboxylic acids is 1. The molecule has 5 nitrogen and oxygen atoms in total. The normalized spacial score (nSPS) is 11.1. The second kappa shape index (κ2) is 5.14. The fourth-order valence-electron chi connectivity index (χ4n) is 1.37. The maximum Gasteiger partial charge on any atom is 0.239 e. The van der Waals surface area contributed by atoms with E-state index in [1.165, 1.54) is 0 Å². The van der Waals surface area contributed by atoms with Gasteiger partial charge < -0.3 is 16.0 Å². The number of aromatic nitrogens is 1. The van der Waals surface area contributed by atoms with E-state index in [0.29, 0.717) is 6.54 Å². The van der Waals surface area contributed by atoms with Crippen LogP contribution in [0.3, 0.4) is 0 Å². The zero-order chi connectivity index (χ0) is 13.1. The summed E-state index contributed by atoms with van der Waals surface area (Å²) < 4.78 is 0. The molecule has 1 amide bonds. The van der Waals surface area contributed by atoms with E-state index in [-0.39, 0.29) is 5.91 Å². The largest absolute Gasteiger partial charge is 0.362 e. The van der Waals surface area contributed by atoms with Crippen molar-refractivity contribution in [2.75, 3.05) is 19.0 Å². The third-order valence-electron chi connectivity index (χ3n) is 2.32. The number of pyridine rings is 1. The van der Waals surface area contributed by atoms with Gasteiger partial charge in [0.05, 0.1) is 5.54 Å². The van der Waals surface area contributed by atoms with Gasteiger partial charge in [-0.25, -0.2) is 4.98 Å². The highest BCUT2D eigenvalue weighted by molar-refractivity contribution is 5.85. The average Bonchev–Trinajstić information content (AvgIpc) is 2.24. The van der Waals surface area contributed by atoms with Crippen LogP contribution in [0.5, 0.6) is 0 Å². The summed E-state index contributed by atoms with van der Waals surface area (Å²) in [7, 11) is 3.83. The van der Waals surface area contributed by atoms with Crippen molar-refractivity contribution >= 4 is 11.7 Å². The van der Waals surface area contributed by atoms with E-state index in [0.717, 1.165) is 11.4 Å². The van der Waals surface area contributed by atoms with Crippen LogP contribution in [0, 0.1) is 0 Å². The van der Waals surface area contributed by atoms with Gasteiger partial charge in [0, 0.05) is 32.4 Å². The lowest BCUT2D eigenvalue weighted by atomic mass is 10.1. The second-order valence-corrected chi connectivity index (χ2v) is 4.78. The van der Waals surface area contributed by atoms with Crippen LogP contribution < -0.4 is 16.0 Å². The van der Waals surface area contributed by atoms with Crippen LogP contribution in [0.1, 0.15) is 19.4 Å². The van der Waals surface area contributed by atoms with E-state index >= 15 is 0 Å². The summed E-state index contributed by atoms with van der Waals surface area (Å²) in [6.07, 6.45) is 1.73. The first-order valence-electron chi connectivity index (χ1n) is 5.51. The van der Waals surface area contributed by atoms with Crippen molar-refractivity contribution < 1.29 is 4.79 Å². The number of nitrogens with two attached hydrogens (primary N) is 1. The Hall–Kier alpha value is -1.62. The zero-order valence-corrected chi connectivity index (χ0v) is 10.8.